The van der Waals surface area contributed by atoms with Crippen molar-refractivity contribution in [3.63, 3.8) is 0 Å². The van der Waals surface area contributed by atoms with E-state index < -0.39 is 0 Å². The normalized spacial score (nSPS) is 18.0. The molecule has 11 heteroatoms. The van der Waals surface area contributed by atoms with Crippen molar-refractivity contribution in [2.24, 2.45) is 7.05 Å². The first-order chi connectivity index (χ1) is 21.5. The van der Waals surface area contributed by atoms with Gasteiger partial charge in [-0.3, -0.25) is 4.79 Å². The molecule has 2 saturated carbocycles. The van der Waals surface area contributed by atoms with Gasteiger partial charge < -0.3 is 23.9 Å². The van der Waals surface area contributed by atoms with Gasteiger partial charge >= 0.3 is 0 Å². The zero-order valence-electron chi connectivity index (χ0n) is 24.1. The van der Waals surface area contributed by atoms with Crippen LogP contribution in [0.5, 0.6) is 11.5 Å². The maximum atomic E-state index is 13.8. The number of hydrogen-bond acceptors (Lipinski definition) is 7. The molecule has 0 bridgehead atoms. The van der Waals surface area contributed by atoms with Gasteiger partial charge in [0.15, 0.2) is 17.1 Å². The summed E-state index contributed by atoms with van der Waals surface area (Å²) < 4.78 is 17.7. The van der Waals surface area contributed by atoms with E-state index in [2.05, 4.69) is 32.5 Å². The summed E-state index contributed by atoms with van der Waals surface area (Å²) in [6, 6.07) is 18.0. The minimum atomic E-state index is -0.0795. The standard InChI is InChI=1S/C33H30ClN7O3/c1-39-30-29(34)28(44-27-17-36-41-12-6-5-9-26(27)41)16-35-31(30)38-33(39)37-25-13-22(21-10-11-21)18-40(32(25)42)23-14-24(15-23)43-19-20-7-3-2-4-8-20/h2-9,12-13,16-18,21,23-24H,10-11,14-15,19H2,1H3,(H,35,37,38). The molecule has 0 aliphatic heterocycles. The van der Waals surface area contributed by atoms with Crippen molar-refractivity contribution in [2.45, 2.75) is 50.4 Å². The van der Waals surface area contributed by atoms with Gasteiger partial charge in [0.25, 0.3) is 5.56 Å². The summed E-state index contributed by atoms with van der Waals surface area (Å²) in [4.78, 5) is 23.0. The van der Waals surface area contributed by atoms with Gasteiger partial charge in [0, 0.05) is 25.5 Å². The number of nitrogens with zero attached hydrogens (tertiary/aromatic N) is 6. The molecule has 10 nitrogen and oxygen atoms in total. The molecule has 222 valence electrons. The van der Waals surface area contributed by atoms with Crippen LogP contribution in [0.1, 0.15) is 48.8 Å². The van der Waals surface area contributed by atoms with E-state index in [0.29, 0.717) is 51.8 Å². The van der Waals surface area contributed by atoms with Crippen LogP contribution in [0.4, 0.5) is 11.6 Å². The number of aryl methyl sites for hydroxylation is 1. The number of imidazole rings is 1. The number of pyridine rings is 3. The molecule has 0 saturated heterocycles. The third-order valence-corrected chi connectivity index (χ3v) is 8.93. The van der Waals surface area contributed by atoms with Crippen molar-refractivity contribution < 1.29 is 9.47 Å². The van der Waals surface area contributed by atoms with Gasteiger partial charge in [-0.15, -0.1) is 0 Å². The van der Waals surface area contributed by atoms with Crippen LogP contribution in [-0.4, -0.2) is 34.8 Å². The third kappa shape index (κ3) is 4.89. The van der Waals surface area contributed by atoms with Crippen molar-refractivity contribution in [3.05, 3.63) is 106 Å². The van der Waals surface area contributed by atoms with Gasteiger partial charge in [0.1, 0.15) is 21.7 Å². The first-order valence-electron chi connectivity index (χ1n) is 14.8. The number of anilines is 2. The Bertz CT molecular complexity index is 2060. The summed E-state index contributed by atoms with van der Waals surface area (Å²) in [6.45, 7) is 0.581. The molecule has 1 N–H and O–H groups in total. The van der Waals surface area contributed by atoms with Gasteiger partial charge in [0.05, 0.1) is 25.1 Å². The minimum absolute atomic E-state index is 0.0795. The quantitative estimate of drug-likeness (QED) is 0.194. The topological polar surface area (TPSA) is 100 Å². The number of halogens is 1. The van der Waals surface area contributed by atoms with Crippen LogP contribution in [0.2, 0.25) is 5.02 Å². The highest BCUT2D eigenvalue weighted by molar-refractivity contribution is 6.36. The molecule has 2 fully saturated rings. The van der Waals surface area contributed by atoms with Crippen LogP contribution in [0.15, 0.2) is 84.2 Å². The fourth-order valence-corrected chi connectivity index (χ4v) is 6.14. The number of rotatable bonds is 9. The first-order valence-corrected chi connectivity index (χ1v) is 15.2. The van der Waals surface area contributed by atoms with E-state index >= 15 is 0 Å². The van der Waals surface area contributed by atoms with Crippen molar-refractivity contribution >= 4 is 39.9 Å². The number of fused-ring (bicyclic) bond motifs is 2. The predicted molar refractivity (Wildman–Crippen MR) is 168 cm³/mol. The van der Waals surface area contributed by atoms with Crippen molar-refractivity contribution in [1.82, 2.24) is 28.7 Å². The molecule has 5 aromatic heterocycles. The number of nitrogens with one attached hydrogen (secondary N) is 1. The van der Waals surface area contributed by atoms with E-state index in [1.54, 1.807) is 21.5 Å². The lowest BCUT2D eigenvalue weighted by molar-refractivity contribution is -0.0364. The molecular formula is C33H30ClN7O3. The van der Waals surface area contributed by atoms with Crippen molar-refractivity contribution in [3.8, 4) is 11.5 Å². The molecule has 0 spiro atoms. The first kappa shape index (κ1) is 26.9. The number of aromatic nitrogens is 6. The van der Waals surface area contributed by atoms with Gasteiger partial charge in [-0.25, -0.2) is 9.50 Å². The Morgan fingerprint density at radius 1 is 1.05 bits per heavy atom. The Balaban J connectivity index is 1.05. The molecule has 1 aromatic carbocycles. The lowest BCUT2D eigenvalue weighted by Gasteiger charge is -2.36. The molecular weight excluding hydrogens is 578 g/mol. The van der Waals surface area contributed by atoms with E-state index in [1.807, 2.05) is 66.5 Å². The average molecular weight is 608 g/mol. The van der Waals surface area contributed by atoms with E-state index in [0.717, 1.165) is 36.8 Å². The summed E-state index contributed by atoms with van der Waals surface area (Å²) in [5, 5.41) is 8.00. The Labute approximate surface area is 257 Å². The second-order valence-electron chi connectivity index (χ2n) is 11.6. The highest BCUT2D eigenvalue weighted by Crippen LogP contribution is 2.42. The SMILES string of the molecule is Cn1c(Nc2cc(C3CC3)cn(C3CC(OCc4ccccc4)C3)c2=O)nc2ncc(Oc3cnn4ccccc34)c(Cl)c21. The van der Waals surface area contributed by atoms with Crippen LogP contribution in [0.25, 0.3) is 16.7 Å². The number of benzene rings is 1. The van der Waals surface area contributed by atoms with E-state index in [1.165, 1.54) is 5.56 Å². The van der Waals surface area contributed by atoms with Gasteiger partial charge in [-0.2, -0.15) is 10.1 Å². The molecule has 0 atom stereocenters. The molecule has 0 amide bonds. The van der Waals surface area contributed by atoms with E-state index in [4.69, 9.17) is 21.1 Å². The maximum absolute atomic E-state index is 13.8. The van der Waals surface area contributed by atoms with E-state index in [-0.39, 0.29) is 17.7 Å². The molecule has 8 rings (SSSR count). The largest absolute Gasteiger partial charge is 0.450 e. The Hall–Kier alpha value is -4.67. The molecule has 5 heterocycles. The molecule has 0 radical (unpaired) electrons. The lowest BCUT2D eigenvalue weighted by atomic mass is 9.88. The fraction of sp³-hybridized carbons (Fsp3) is 0.273. The van der Waals surface area contributed by atoms with Gasteiger partial charge in [-0.1, -0.05) is 48.0 Å². The van der Waals surface area contributed by atoms with Crippen LogP contribution in [-0.2, 0) is 18.4 Å². The van der Waals surface area contributed by atoms with Crippen molar-refractivity contribution in [1.29, 1.82) is 0 Å². The summed E-state index contributed by atoms with van der Waals surface area (Å²) >= 11 is 6.85. The average Bonchev–Trinajstić information content (AvgIpc) is 3.72. The monoisotopic (exact) mass is 607 g/mol. The molecule has 2 aliphatic carbocycles. The zero-order chi connectivity index (χ0) is 29.8. The molecule has 6 aromatic rings. The zero-order valence-corrected chi connectivity index (χ0v) is 24.8. The number of ether oxygens (including phenoxy) is 2. The summed E-state index contributed by atoms with van der Waals surface area (Å²) in [5.41, 5.74) is 4.58. The van der Waals surface area contributed by atoms with Crippen LogP contribution >= 0.6 is 11.6 Å². The summed E-state index contributed by atoms with van der Waals surface area (Å²) in [7, 11) is 1.84. The Morgan fingerprint density at radius 2 is 1.86 bits per heavy atom. The number of hydrogen-bond donors (Lipinski definition) is 1. The molecule has 44 heavy (non-hydrogen) atoms. The smallest absolute Gasteiger partial charge is 0.274 e. The van der Waals surface area contributed by atoms with Gasteiger partial charge in [-0.05, 0) is 60.9 Å². The molecule has 0 unspecified atom stereocenters. The second kappa shape index (κ2) is 10.8. The summed E-state index contributed by atoms with van der Waals surface area (Å²) in [5.74, 6) is 1.90. The van der Waals surface area contributed by atoms with Crippen LogP contribution in [0.3, 0.4) is 0 Å². The lowest BCUT2D eigenvalue weighted by Crippen LogP contribution is -2.38. The van der Waals surface area contributed by atoms with Crippen LogP contribution in [0, 0.1) is 0 Å². The highest BCUT2D eigenvalue weighted by atomic mass is 35.5. The predicted octanol–water partition coefficient (Wildman–Crippen LogP) is 6.76. The summed E-state index contributed by atoms with van der Waals surface area (Å²) in [6.07, 6.45) is 11.1. The highest BCUT2D eigenvalue weighted by Gasteiger charge is 2.34. The maximum Gasteiger partial charge on any atom is 0.274 e. The Kier molecular flexibility index (Phi) is 6.61. The third-order valence-electron chi connectivity index (χ3n) is 8.57. The molecule has 2 aliphatic rings. The van der Waals surface area contributed by atoms with Gasteiger partial charge in [0.2, 0.25) is 5.95 Å². The second-order valence-corrected chi connectivity index (χ2v) is 12.0. The van der Waals surface area contributed by atoms with E-state index in [9.17, 15) is 4.79 Å². The fourth-order valence-electron chi connectivity index (χ4n) is 5.84. The van der Waals surface area contributed by atoms with Crippen molar-refractivity contribution in [2.75, 3.05) is 5.32 Å². The van der Waals surface area contributed by atoms with Crippen LogP contribution < -0.4 is 15.6 Å². The Morgan fingerprint density at radius 3 is 2.68 bits per heavy atom. The minimum Gasteiger partial charge on any atom is -0.450 e.